The monoisotopic (exact) mass is 325 g/mol. The van der Waals surface area contributed by atoms with Gasteiger partial charge in [0.25, 0.3) is 0 Å². The van der Waals surface area contributed by atoms with Crippen molar-refractivity contribution >= 4 is 28.9 Å². The Kier molecular flexibility index (Phi) is 5.62. The Morgan fingerprint density at radius 2 is 1.90 bits per heavy atom. The van der Waals surface area contributed by atoms with Gasteiger partial charge in [0, 0.05) is 22.3 Å². The fraction of sp³-hybridized carbons (Fsp3) is 0.556. The molecular formula is C18H25Cl2N. The van der Waals surface area contributed by atoms with Gasteiger partial charge >= 0.3 is 0 Å². The van der Waals surface area contributed by atoms with Crippen molar-refractivity contribution in [3.05, 3.63) is 39.9 Å². The molecular weight excluding hydrogens is 301 g/mol. The van der Waals surface area contributed by atoms with E-state index in [1.165, 1.54) is 19.3 Å². The van der Waals surface area contributed by atoms with Crippen molar-refractivity contribution in [3.8, 4) is 0 Å². The van der Waals surface area contributed by atoms with Crippen molar-refractivity contribution in [1.82, 2.24) is 5.32 Å². The normalized spacial score (nSPS) is 25.7. The van der Waals surface area contributed by atoms with Gasteiger partial charge in [-0.3, -0.25) is 0 Å². The van der Waals surface area contributed by atoms with Crippen LogP contribution in [-0.2, 0) is 6.42 Å². The predicted molar refractivity (Wildman–Crippen MR) is 94.0 cm³/mol. The van der Waals surface area contributed by atoms with Crippen molar-refractivity contribution < 1.29 is 0 Å². The van der Waals surface area contributed by atoms with E-state index in [-0.39, 0.29) is 0 Å². The van der Waals surface area contributed by atoms with Gasteiger partial charge in [0.2, 0.25) is 0 Å². The molecule has 0 aromatic heterocycles. The second-order valence-electron chi connectivity index (χ2n) is 6.23. The standard InChI is InChI=1S/C18H25Cl2N/c1-5-14-15(19)9-10-16(20)18(14)13(4)21-17-8-6-7-11(2)12(17)3/h9-12,17,21H,4-8H2,1-3H3. The fourth-order valence-electron chi connectivity index (χ4n) is 3.35. The van der Waals surface area contributed by atoms with Crippen molar-refractivity contribution in [2.24, 2.45) is 11.8 Å². The summed E-state index contributed by atoms with van der Waals surface area (Å²) in [6.45, 7) is 11.0. The maximum absolute atomic E-state index is 6.40. The van der Waals surface area contributed by atoms with E-state index in [1.807, 2.05) is 12.1 Å². The lowest BCUT2D eigenvalue weighted by Gasteiger charge is -2.36. The molecule has 0 spiro atoms. The minimum Gasteiger partial charge on any atom is -0.382 e. The summed E-state index contributed by atoms with van der Waals surface area (Å²) in [5, 5.41) is 5.12. The van der Waals surface area contributed by atoms with Crippen LogP contribution in [0.2, 0.25) is 10.0 Å². The van der Waals surface area contributed by atoms with Crippen LogP contribution in [-0.4, -0.2) is 6.04 Å². The highest BCUT2D eigenvalue weighted by Crippen LogP contribution is 2.34. The molecule has 0 radical (unpaired) electrons. The first kappa shape index (κ1) is 16.7. The zero-order valence-electron chi connectivity index (χ0n) is 13.2. The van der Waals surface area contributed by atoms with Crippen LogP contribution in [0, 0.1) is 11.8 Å². The van der Waals surface area contributed by atoms with Gasteiger partial charge in [0.1, 0.15) is 0 Å². The molecule has 1 aliphatic carbocycles. The Morgan fingerprint density at radius 3 is 2.57 bits per heavy atom. The molecule has 2 rings (SSSR count). The second-order valence-corrected chi connectivity index (χ2v) is 7.05. The van der Waals surface area contributed by atoms with Gasteiger partial charge in [-0.25, -0.2) is 0 Å². The van der Waals surface area contributed by atoms with Gasteiger partial charge in [0.15, 0.2) is 0 Å². The Bertz CT molecular complexity index is 524. The maximum atomic E-state index is 6.40. The average Bonchev–Trinajstić information content (AvgIpc) is 2.45. The molecule has 3 unspecified atom stereocenters. The lowest BCUT2D eigenvalue weighted by molar-refractivity contribution is 0.222. The van der Waals surface area contributed by atoms with E-state index in [9.17, 15) is 0 Å². The van der Waals surface area contributed by atoms with Gasteiger partial charge in [-0.1, -0.05) is 63.4 Å². The highest BCUT2D eigenvalue weighted by molar-refractivity contribution is 6.35. The smallest absolute Gasteiger partial charge is 0.0502 e. The fourth-order valence-corrected chi connectivity index (χ4v) is 3.93. The zero-order chi connectivity index (χ0) is 15.6. The molecule has 1 aromatic carbocycles. The van der Waals surface area contributed by atoms with Gasteiger partial charge < -0.3 is 5.32 Å². The summed E-state index contributed by atoms with van der Waals surface area (Å²) in [5.74, 6) is 1.41. The highest BCUT2D eigenvalue weighted by atomic mass is 35.5. The van der Waals surface area contributed by atoms with Crippen molar-refractivity contribution in [2.75, 3.05) is 0 Å². The summed E-state index contributed by atoms with van der Waals surface area (Å²) in [6.07, 6.45) is 4.65. The highest BCUT2D eigenvalue weighted by Gasteiger charge is 2.27. The van der Waals surface area contributed by atoms with E-state index in [2.05, 4.69) is 32.7 Å². The number of halogens is 2. The molecule has 0 amide bonds. The van der Waals surface area contributed by atoms with Crippen LogP contribution >= 0.6 is 23.2 Å². The van der Waals surface area contributed by atoms with Crippen molar-refractivity contribution in [1.29, 1.82) is 0 Å². The molecule has 0 bridgehead atoms. The van der Waals surface area contributed by atoms with Crippen molar-refractivity contribution in [3.63, 3.8) is 0 Å². The van der Waals surface area contributed by atoms with Crippen LogP contribution in [0.25, 0.3) is 5.70 Å². The second kappa shape index (κ2) is 7.07. The van der Waals surface area contributed by atoms with E-state index in [0.717, 1.165) is 39.2 Å². The lowest BCUT2D eigenvalue weighted by atomic mass is 9.78. The largest absolute Gasteiger partial charge is 0.382 e. The Labute approximate surface area is 138 Å². The zero-order valence-corrected chi connectivity index (χ0v) is 14.7. The van der Waals surface area contributed by atoms with Crippen LogP contribution in [0.15, 0.2) is 18.7 Å². The van der Waals surface area contributed by atoms with Crippen LogP contribution in [0.1, 0.15) is 51.2 Å². The molecule has 116 valence electrons. The summed E-state index contributed by atoms with van der Waals surface area (Å²) < 4.78 is 0. The molecule has 1 aromatic rings. The van der Waals surface area contributed by atoms with Gasteiger partial charge in [0.05, 0.1) is 5.02 Å². The summed E-state index contributed by atoms with van der Waals surface area (Å²) >= 11 is 12.7. The van der Waals surface area contributed by atoms with E-state index in [4.69, 9.17) is 23.2 Å². The Morgan fingerprint density at radius 1 is 1.24 bits per heavy atom. The quantitative estimate of drug-likeness (QED) is 0.722. The maximum Gasteiger partial charge on any atom is 0.0502 e. The van der Waals surface area contributed by atoms with Gasteiger partial charge in [-0.15, -0.1) is 0 Å². The number of benzene rings is 1. The number of rotatable bonds is 4. The molecule has 1 fully saturated rings. The molecule has 1 aliphatic rings. The van der Waals surface area contributed by atoms with Crippen LogP contribution in [0.5, 0.6) is 0 Å². The number of hydrogen-bond donors (Lipinski definition) is 1. The summed E-state index contributed by atoms with van der Waals surface area (Å²) in [7, 11) is 0. The summed E-state index contributed by atoms with van der Waals surface area (Å²) in [5.41, 5.74) is 2.97. The Balaban J connectivity index is 2.23. The first-order valence-corrected chi connectivity index (χ1v) is 8.64. The lowest BCUT2D eigenvalue weighted by Crippen LogP contribution is -2.39. The minimum atomic E-state index is 0.473. The minimum absolute atomic E-state index is 0.473. The van der Waals surface area contributed by atoms with E-state index < -0.39 is 0 Å². The van der Waals surface area contributed by atoms with Gasteiger partial charge in [-0.2, -0.15) is 0 Å². The van der Waals surface area contributed by atoms with Crippen LogP contribution < -0.4 is 5.32 Å². The predicted octanol–water partition coefficient (Wildman–Crippen LogP) is 5.94. The van der Waals surface area contributed by atoms with Gasteiger partial charge in [-0.05, 0) is 42.4 Å². The summed E-state index contributed by atoms with van der Waals surface area (Å²) in [4.78, 5) is 0. The third-order valence-corrected chi connectivity index (χ3v) is 5.60. The first-order valence-electron chi connectivity index (χ1n) is 7.88. The molecule has 0 aliphatic heterocycles. The SMILES string of the molecule is C=C(NC1CCCC(C)C1C)c1c(Cl)ccc(Cl)c1CC. The van der Waals surface area contributed by atoms with Crippen molar-refractivity contribution in [2.45, 2.75) is 52.5 Å². The molecule has 0 heterocycles. The summed E-state index contributed by atoms with van der Waals surface area (Å²) in [6, 6.07) is 4.20. The molecule has 3 heteroatoms. The third-order valence-electron chi connectivity index (χ3n) is 4.93. The first-order chi connectivity index (χ1) is 9.95. The van der Waals surface area contributed by atoms with E-state index >= 15 is 0 Å². The molecule has 3 atom stereocenters. The molecule has 1 N–H and O–H groups in total. The van der Waals surface area contributed by atoms with E-state index in [1.54, 1.807) is 0 Å². The Hall–Kier alpha value is -0.660. The molecule has 21 heavy (non-hydrogen) atoms. The average molecular weight is 326 g/mol. The van der Waals surface area contributed by atoms with Crippen LogP contribution in [0.4, 0.5) is 0 Å². The van der Waals surface area contributed by atoms with Crippen LogP contribution in [0.3, 0.4) is 0 Å². The topological polar surface area (TPSA) is 12.0 Å². The number of hydrogen-bond acceptors (Lipinski definition) is 1. The molecule has 0 saturated heterocycles. The molecule has 1 saturated carbocycles. The molecule has 1 nitrogen and oxygen atoms in total. The number of nitrogens with one attached hydrogen (secondary N) is 1. The third kappa shape index (κ3) is 3.57. The van der Waals surface area contributed by atoms with E-state index in [0.29, 0.717) is 12.0 Å².